The number of hydrogen-bond acceptors (Lipinski definition) is 5. The number of imidazole rings is 1. The Labute approximate surface area is 98.9 Å². The molecule has 2 N–H and O–H groups in total. The fourth-order valence-corrected chi connectivity index (χ4v) is 1.20. The zero-order valence-electron chi connectivity index (χ0n) is 10.2. The number of oxime groups is 1. The number of nitrogens with zero attached hydrogens (tertiary/aromatic N) is 4. The van der Waals surface area contributed by atoms with Crippen molar-refractivity contribution in [1.82, 2.24) is 9.71 Å². The maximum absolute atomic E-state index is 11.7. The summed E-state index contributed by atoms with van der Waals surface area (Å²) in [6.07, 6.45) is 1.15. The van der Waals surface area contributed by atoms with Gasteiger partial charge in [0.25, 0.3) is 0 Å². The molecule has 0 aliphatic heterocycles. The molecule has 0 saturated carbocycles. The molecule has 0 aliphatic rings. The topological polar surface area (TPSA) is 96.7 Å². The number of hydrogen-bond donors (Lipinski definition) is 2. The van der Waals surface area contributed by atoms with Crippen molar-refractivity contribution in [2.45, 2.75) is 33.7 Å². The highest BCUT2D eigenvalue weighted by atomic mass is 16.5. The van der Waals surface area contributed by atoms with Crippen LogP contribution in [0.2, 0.25) is 0 Å². The summed E-state index contributed by atoms with van der Waals surface area (Å²) in [6, 6.07) is -0.627. The third kappa shape index (κ3) is 2.55. The van der Waals surface area contributed by atoms with Gasteiger partial charge in [-0.3, -0.25) is 0 Å². The molecule has 1 heterocycles. The largest absolute Gasteiger partial charge is 0.623 e. The van der Waals surface area contributed by atoms with E-state index < -0.39 is 6.04 Å². The fourth-order valence-electron chi connectivity index (χ4n) is 1.20. The Balaban J connectivity index is 3.07. The molecule has 7 nitrogen and oxygen atoms in total. The fraction of sp³-hybridized carbons (Fsp3) is 0.500. The molecule has 17 heavy (non-hydrogen) atoms. The lowest BCUT2D eigenvalue weighted by Gasteiger charge is -2.10. The minimum atomic E-state index is -0.627. The van der Waals surface area contributed by atoms with Gasteiger partial charge in [0.2, 0.25) is 18.1 Å². The number of hydroxylamine groups is 1. The first-order valence-corrected chi connectivity index (χ1v) is 5.12. The highest BCUT2D eigenvalue weighted by Gasteiger charge is 2.16. The average molecular weight is 240 g/mol. The lowest BCUT2D eigenvalue weighted by Crippen LogP contribution is -2.27. The van der Waals surface area contributed by atoms with E-state index >= 15 is 0 Å². The van der Waals surface area contributed by atoms with Crippen molar-refractivity contribution >= 4 is 11.9 Å². The molecule has 1 rings (SSSR count). The van der Waals surface area contributed by atoms with Crippen LogP contribution < -0.4 is 0 Å². The summed E-state index contributed by atoms with van der Waals surface area (Å²) in [6.45, 7) is 6.55. The molecule has 1 unspecified atom stereocenters. The van der Waals surface area contributed by atoms with Crippen LogP contribution in [0.3, 0.4) is 0 Å². The summed E-state index contributed by atoms with van der Waals surface area (Å²) in [4.78, 5) is 4.03. The van der Waals surface area contributed by atoms with Gasteiger partial charge in [-0.2, -0.15) is 4.73 Å². The van der Waals surface area contributed by atoms with Crippen molar-refractivity contribution in [3.63, 3.8) is 0 Å². The monoisotopic (exact) mass is 240 g/mol. The number of rotatable bonds is 3. The van der Waals surface area contributed by atoms with Crippen molar-refractivity contribution in [3.8, 4) is 0 Å². The first-order valence-electron chi connectivity index (χ1n) is 5.12. The molecule has 0 amide bonds. The Bertz CT molecular complexity index is 476. The minimum absolute atomic E-state index is 0.146. The standard InChI is InChI=1S/C10H16N4O3/c1-6-9(4)14(17)10(11-6)5-13(16)8(3)7(2)12-15/h5,8,15,17H,1-4H3/b12-7?,13-5-. The van der Waals surface area contributed by atoms with Crippen molar-refractivity contribution in [1.29, 1.82) is 0 Å². The van der Waals surface area contributed by atoms with E-state index in [-0.39, 0.29) is 11.5 Å². The van der Waals surface area contributed by atoms with E-state index in [1.54, 1.807) is 20.8 Å². The Hall–Kier alpha value is -2.05. The smallest absolute Gasteiger partial charge is 0.233 e. The van der Waals surface area contributed by atoms with E-state index in [0.29, 0.717) is 16.1 Å². The van der Waals surface area contributed by atoms with Crippen LogP contribution in [-0.2, 0) is 0 Å². The number of aromatic nitrogens is 2. The summed E-state index contributed by atoms with van der Waals surface area (Å²) in [5.74, 6) is 0.146. The zero-order chi connectivity index (χ0) is 13.2. The molecular formula is C10H16N4O3. The Kier molecular flexibility index (Phi) is 3.72. The zero-order valence-corrected chi connectivity index (χ0v) is 10.2. The highest BCUT2D eigenvalue weighted by Crippen LogP contribution is 2.05. The van der Waals surface area contributed by atoms with Gasteiger partial charge in [-0.15, -0.1) is 0 Å². The van der Waals surface area contributed by atoms with Crippen molar-refractivity contribution in [3.05, 3.63) is 22.4 Å². The first kappa shape index (κ1) is 13.0. The van der Waals surface area contributed by atoms with Gasteiger partial charge in [-0.05, 0) is 20.8 Å². The average Bonchev–Trinajstić information content (AvgIpc) is 2.55. The quantitative estimate of drug-likeness (QED) is 0.205. The lowest BCUT2D eigenvalue weighted by molar-refractivity contribution is -0.472. The molecule has 1 aromatic heterocycles. The van der Waals surface area contributed by atoms with Crippen LogP contribution in [0.1, 0.15) is 31.1 Å². The van der Waals surface area contributed by atoms with Crippen LogP contribution in [0.4, 0.5) is 0 Å². The van der Waals surface area contributed by atoms with E-state index in [1.165, 1.54) is 6.92 Å². The summed E-state index contributed by atoms with van der Waals surface area (Å²) in [5.41, 5.74) is 1.50. The van der Waals surface area contributed by atoms with Gasteiger partial charge in [0.1, 0.15) is 5.71 Å². The molecule has 0 saturated heterocycles. The summed E-state index contributed by atoms with van der Waals surface area (Å²) < 4.78 is 1.42. The third-order valence-electron chi connectivity index (χ3n) is 2.73. The van der Waals surface area contributed by atoms with Crippen LogP contribution in [0.15, 0.2) is 5.16 Å². The van der Waals surface area contributed by atoms with Crippen LogP contribution in [0, 0.1) is 19.1 Å². The highest BCUT2D eigenvalue weighted by molar-refractivity contribution is 5.86. The Morgan fingerprint density at radius 1 is 1.59 bits per heavy atom. The summed E-state index contributed by atoms with van der Waals surface area (Å²) in [7, 11) is 0. The molecule has 0 fully saturated rings. The second-order valence-electron chi connectivity index (χ2n) is 3.86. The van der Waals surface area contributed by atoms with Crippen molar-refractivity contribution in [2.75, 3.05) is 0 Å². The van der Waals surface area contributed by atoms with Gasteiger partial charge in [-0.25, -0.2) is 9.72 Å². The van der Waals surface area contributed by atoms with E-state index in [0.717, 1.165) is 10.9 Å². The van der Waals surface area contributed by atoms with Gasteiger partial charge < -0.3 is 15.6 Å². The summed E-state index contributed by atoms with van der Waals surface area (Å²) in [5, 5.41) is 32.8. The second kappa shape index (κ2) is 4.86. The van der Waals surface area contributed by atoms with Gasteiger partial charge >= 0.3 is 0 Å². The van der Waals surface area contributed by atoms with Gasteiger partial charge in [0, 0.05) is 6.92 Å². The molecule has 1 aromatic rings. The van der Waals surface area contributed by atoms with Crippen molar-refractivity contribution in [2.24, 2.45) is 5.16 Å². The van der Waals surface area contributed by atoms with Crippen LogP contribution in [0.5, 0.6) is 0 Å². The van der Waals surface area contributed by atoms with Gasteiger partial charge in [0.15, 0.2) is 0 Å². The molecule has 0 aromatic carbocycles. The predicted molar refractivity (Wildman–Crippen MR) is 62.0 cm³/mol. The molecule has 0 spiro atoms. The van der Waals surface area contributed by atoms with E-state index in [9.17, 15) is 10.4 Å². The molecular weight excluding hydrogens is 224 g/mol. The van der Waals surface area contributed by atoms with Crippen molar-refractivity contribution < 1.29 is 15.2 Å². The maximum Gasteiger partial charge on any atom is 0.233 e. The molecule has 0 bridgehead atoms. The van der Waals surface area contributed by atoms with E-state index in [2.05, 4.69) is 10.1 Å². The molecule has 1 atom stereocenters. The second-order valence-corrected chi connectivity index (χ2v) is 3.86. The van der Waals surface area contributed by atoms with Crippen LogP contribution in [0.25, 0.3) is 0 Å². The predicted octanol–water partition coefficient (Wildman–Crippen LogP) is 0.905. The first-order chi connectivity index (χ1) is 7.88. The van der Waals surface area contributed by atoms with Crippen LogP contribution >= 0.6 is 0 Å². The van der Waals surface area contributed by atoms with E-state index in [1.807, 2.05) is 0 Å². The third-order valence-corrected chi connectivity index (χ3v) is 2.73. The number of aryl methyl sites for hydroxylation is 1. The molecule has 0 radical (unpaired) electrons. The van der Waals surface area contributed by atoms with Crippen LogP contribution in [-0.4, -0.2) is 42.8 Å². The molecule has 94 valence electrons. The van der Waals surface area contributed by atoms with Gasteiger partial charge in [0.05, 0.1) is 11.4 Å². The molecule has 0 aliphatic carbocycles. The maximum atomic E-state index is 11.7. The normalized spacial score (nSPS) is 15.1. The lowest BCUT2D eigenvalue weighted by atomic mass is 10.2. The SMILES string of the molecule is CC(=NO)C(C)/[N+]([O-])=C/c1nc(C)c(C)n1O. The molecule has 7 heteroatoms. The Morgan fingerprint density at radius 3 is 2.59 bits per heavy atom. The van der Waals surface area contributed by atoms with E-state index in [4.69, 9.17) is 5.21 Å². The van der Waals surface area contributed by atoms with Gasteiger partial charge in [-0.1, -0.05) is 5.16 Å². The Morgan fingerprint density at radius 2 is 2.18 bits per heavy atom. The minimum Gasteiger partial charge on any atom is -0.623 e. The summed E-state index contributed by atoms with van der Waals surface area (Å²) >= 11 is 0.